The summed E-state index contributed by atoms with van der Waals surface area (Å²) in [6.07, 6.45) is 8.19. The molecule has 2 fully saturated rings. The van der Waals surface area contributed by atoms with Crippen LogP contribution >= 0.6 is 11.8 Å². The highest BCUT2D eigenvalue weighted by molar-refractivity contribution is 7.99. The maximum Gasteiger partial charge on any atom is 0.0332 e. The van der Waals surface area contributed by atoms with Crippen LogP contribution < -0.4 is 5.73 Å². The summed E-state index contributed by atoms with van der Waals surface area (Å²) in [5, 5.41) is 0. The van der Waals surface area contributed by atoms with Crippen molar-refractivity contribution in [2.24, 2.45) is 17.6 Å². The second kappa shape index (κ2) is 7.33. The number of nitrogens with zero attached hydrogens (tertiary/aromatic N) is 1. The third kappa shape index (κ3) is 3.89. The summed E-state index contributed by atoms with van der Waals surface area (Å²) in [6, 6.07) is 0. The summed E-state index contributed by atoms with van der Waals surface area (Å²) in [6.45, 7) is 8.18. The second-order valence-electron chi connectivity index (χ2n) is 6.82. The third-order valence-corrected chi connectivity index (χ3v) is 6.46. The molecule has 0 amide bonds. The number of nitrogens with two attached hydrogens (primary N) is 1. The highest BCUT2D eigenvalue weighted by Gasteiger charge is 2.37. The van der Waals surface area contributed by atoms with Gasteiger partial charge in [-0.25, -0.2) is 0 Å². The van der Waals surface area contributed by atoms with E-state index in [4.69, 9.17) is 5.73 Å². The van der Waals surface area contributed by atoms with Gasteiger partial charge in [-0.1, -0.05) is 26.7 Å². The van der Waals surface area contributed by atoms with Gasteiger partial charge in [-0.2, -0.15) is 11.8 Å². The molecule has 0 aromatic carbocycles. The molecule has 2 N–H and O–H groups in total. The van der Waals surface area contributed by atoms with Gasteiger partial charge in [0.25, 0.3) is 0 Å². The Kier molecular flexibility index (Phi) is 6.04. The molecular weight excluding hydrogens is 252 g/mol. The second-order valence-corrected chi connectivity index (χ2v) is 8.04. The standard InChI is InChI=1S/C16H32N2S/c1-14(2)15-5-3-7-16(13-17,8-6-15)18-9-4-11-19-12-10-18/h14-15H,3-13,17H2,1-2H3. The van der Waals surface area contributed by atoms with Crippen LogP contribution in [-0.4, -0.2) is 41.6 Å². The summed E-state index contributed by atoms with van der Waals surface area (Å²) in [5.74, 6) is 4.41. The molecule has 0 spiro atoms. The van der Waals surface area contributed by atoms with Gasteiger partial charge in [0.05, 0.1) is 0 Å². The lowest BCUT2D eigenvalue weighted by atomic mass is 9.85. The average Bonchev–Trinajstić information content (AvgIpc) is 2.80. The molecule has 1 aliphatic carbocycles. The van der Waals surface area contributed by atoms with E-state index in [0.717, 1.165) is 18.4 Å². The Labute approximate surface area is 123 Å². The summed E-state index contributed by atoms with van der Waals surface area (Å²) in [5.41, 5.74) is 6.59. The Hall–Kier alpha value is 0.270. The van der Waals surface area contributed by atoms with E-state index in [1.807, 2.05) is 0 Å². The normalized spacial score (nSPS) is 35.1. The van der Waals surface area contributed by atoms with Gasteiger partial charge in [0, 0.05) is 24.4 Å². The minimum atomic E-state index is 0.328. The van der Waals surface area contributed by atoms with Crippen LogP contribution in [0.5, 0.6) is 0 Å². The average molecular weight is 285 g/mol. The molecule has 2 unspecified atom stereocenters. The molecule has 3 heteroatoms. The molecule has 1 saturated carbocycles. The maximum absolute atomic E-state index is 6.26. The molecule has 0 aromatic rings. The van der Waals surface area contributed by atoms with E-state index < -0.39 is 0 Å². The van der Waals surface area contributed by atoms with E-state index in [2.05, 4.69) is 30.5 Å². The fraction of sp³-hybridized carbons (Fsp3) is 1.00. The van der Waals surface area contributed by atoms with Crippen molar-refractivity contribution < 1.29 is 0 Å². The van der Waals surface area contributed by atoms with Crippen LogP contribution in [0.2, 0.25) is 0 Å². The van der Waals surface area contributed by atoms with Crippen LogP contribution in [-0.2, 0) is 0 Å². The zero-order chi connectivity index (χ0) is 13.7. The van der Waals surface area contributed by atoms with Gasteiger partial charge >= 0.3 is 0 Å². The van der Waals surface area contributed by atoms with Crippen molar-refractivity contribution >= 4 is 11.8 Å². The largest absolute Gasteiger partial charge is 0.329 e. The van der Waals surface area contributed by atoms with Gasteiger partial charge in [0.15, 0.2) is 0 Å². The Bertz CT molecular complexity index is 261. The van der Waals surface area contributed by atoms with E-state index in [9.17, 15) is 0 Å². The summed E-state index contributed by atoms with van der Waals surface area (Å²) in [4.78, 5) is 2.76. The maximum atomic E-state index is 6.26. The number of rotatable bonds is 3. The molecule has 0 bridgehead atoms. The van der Waals surface area contributed by atoms with E-state index >= 15 is 0 Å². The van der Waals surface area contributed by atoms with Crippen LogP contribution in [0.3, 0.4) is 0 Å². The van der Waals surface area contributed by atoms with Gasteiger partial charge in [-0.15, -0.1) is 0 Å². The minimum absolute atomic E-state index is 0.328. The molecule has 2 aliphatic rings. The molecule has 1 aliphatic heterocycles. The number of hydrogen-bond donors (Lipinski definition) is 1. The van der Waals surface area contributed by atoms with Crippen molar-refractivity contribution in [3.63, 3.8) is 0 Å². The molecular formula is C16H32N2S. The van der Waals surface area contributed by atoms with Gasteiger partial charge in [-0.05, 0) is 49.8 Å². The fourth-order valence-corrected chi connectivity index (χ4v) is 4.84. The lowest BCUT2D eigenvalue weighted by Crippen LogP contribution is -2.54. The molecule has 19 heavy (non-hydrogen) atoms. The van der Waals surface area contributed by atoms with E-state index in [1.165, 1.54) is 63.1 Å². The Morgan fingerprint density at radius 3 is 2.74 bits per heavy atom. The first-order chi connectivity index (χ1) is 9.18. The van der Waals surface area contributed by atoms with Gasteiger partial charge in [-0.3, -0.25) is 4.90 Å². The molecule has 2 atom stereocenters. The van der Waals surface area contributed by atoms with E-state index in [-0.39, 0.29) is 0 Å². The van der Waals surface area contributed by atoms with E-state index in [1.54, 1.807) is 0 Å². The van der Waals surface area contributed by atoms with Crippen LogP contribution in [0, 0.1) is 11.8 Å². The summed E-state index contributed by atoms with van der Waals surface area (Å²) in [7, 11) is 0. The Morgan fingerprint density at radius 2 is 2.00 bits per heavy atom. The zero-order valence-electron chi connectivity index (χ0n) is 12.9. The SMILES string of the molecule is CC(C)C1CCCC(CN)(N2CCCSCC2)CC1. The molecule has 112 valence electrons. The smallest absolute Gasteiger partial charge is 0.0332 e. The Morgan fingerprint density at radius 1 is 1.16 bits per heavy atom. The van der Waals surface area contributed by atoms with Crippen molar-refractivity contribution in [1.82, 2.24) is 4.90 Å². The summed E-state index contributed by atoms with van der Waals surface area (Å²) < 4.78 is 0. The predicted octanol–water partition coefficient (Wildman–Crippen LogP) is 3.36. The monoisotopic (exact) mass is 284 g/mol. The van der Waals surface area contributed by atoms with E-state index in [0.29, 0.717) is 5.54 Å². The van der Waals surface area contributed by atoms with Gasteiger partial charge in [0.1, 0.15) is 0 Å². The highest BCUT2D eigenvalue weighted by Crippen LogP contribution is 2.37. The number of hydrogen-bond acceptors (Lipinski definition) is 3. The summed E-state index contributed by atoms with van der Waals surface area (Å²) >= 11 is 2.12. The molecule has 0 radical (unpaired) electrons. The van der Waals surface area contributed by atoms with Crippen LogP contribution in [0.4, 0.5) is 0 Å². The molecule has 2 nitrogen and oxygen atoms in total. The zero-order valence-corrected chi connectivity index (χ0v) is 13.7. The van der Waals surface area contributed by atoms with Crippen molar-refractivity contribution in [2.75, 3.05) is 31.1 Å². The van der Waals surface area contributed by atoms with Gasteiger partial charge < -0.3 is 5.73 Å². The molecule has 1 heterocycles. The quantitative estimate of drug-likeness (QED) is 0.806. The lowest BCUT2D eigenvalue weighted by Gasteiger charge is -2.43. The Balaban J connectivity index is 2.04. The van der Waals surface area contributed by atoms with Crippen LogP contribution in [0.15, 0.2) is 0 Å². The first-order valence-corrected chi connectivity index (χ1v) is 9.36. The van der Waals surface area contributed by atoms with Gasteiger partial charge in [0.2, 0.25) is 0 Å². The topological polar surface area (TPSA) is 29.3 Å². The van der Waals surface area contributed by atoms with Crippen molar-refractivity contribution in [3.05, 3.63) is 0 Å². The van der Waals surface area contributed by atoms with Crippen molar-refractivity contribution in [2.45, 2.75) is 57.9 Å². The molecule has 2 rings (SSSR count). The number of thioether (sulfide) groups is 1. The first-order valence-electron chi connectivity index (χ1n) is 8.21. The fourth-order valence-electron chi connectivity index (χ4n) is 3.95. The molecule has 1 saturated heterocycles. The highest BCUT2D eigenvalue weighted by atomic mass is 32.2. The lowest BCUT2D eigenvalue weighted by molar-refractivity contribution is 0.0846. The minimum Gasteiger partial charge on any atom is -0.329 e. The molecule has 0 aromatic heterocycles. The van der Waals surface area contributed by atoms with Crippen molar-refractivity contribution in [3.8, 4) is 0 Å². The van der Waals surface area contributed by atoms with Crippen molar-refractivity contribution in [1.29, 1.82) is 0 Å². The van der Waals surface area contributed by atoms with Crippen LogP contribution in [0.25, 0.3) is 0 Å². The predicted molar refractivity (Wildman–Crippen MR) is 86.7 cm³/mol. The first kappa shape index (κ1) is 15.7. The van der Waals surface area contributed by atoms with Crippen LogP contribution in [0.1, 0.15) is 52.4 Å². The third-order valence-electron chi connectivity index (χ3n) is 5.41.